The predicted molar refractivity (Wildman–Crippen MR) is 61.2 cm³/mol. The van der Waals surface area contributed by atoms with Gasteiger partial charge in [-0.05, 0) is 19.5 Å². The number of ether oxygens (including phenoxy) is 1. The fourth-order valence-corrected chi connectivity index (χ4v) is 1.65. The van der Waals surface area contributed by atoms with E-state index in [9.17, 15) is 18.3 Å². The fraction of sp³-hybridized carbons (Fsp3) is 0.500. The Bertz CT molecular complexity index is 382. The monoisotopic (exact) mass is 263 g/mol. The minimum Gasteiger partial charge on any atom is -0.405 e. The summed E-state index contributed by atoms with van der Waals surface area (Å²) in [5.74, 6) is -0.373. The van der Waals surface area contributed by atoms with Crippen LogP contribution >= 0.6 is 0 Å². The summed E-state index contributed by atoms with van der Waals surface area (Å²) in [6.07, 6.45) is -5.83. The number of rotatable bonds is 5. The topological polar surface area (TPSA) is 41.5 Å². The van der Waals surface area contributed by atoms with Crippen LogP contribution in [0.25, 0.3) is 0 Å². The molecule has 0 radical (unpaired) electrons. The fourth-order valence-electron chi connectivity index (χ4n) is 1.65. The minimum absolute atomic E-state index is 0.114. The molecule has 6 heteroatoms. The van der Waals surface area contributed by atoms with Crippen molar-refractivity contribution in [3.8, 4) is 5.75 Å². The molecule has 0 bridgehead atoms. The average Bonchev–Trinajstić information content (AvgIpc) is 2.27. The van der Waals surface area contributed by atoms with Crippen molar-refractivity contribution in [3.05, 3.63) is 29.8 Å². The molecule has 0 spiro atoms. The van der Waals surface area contributed by atoms with Gasteiger partial charge in [-0.2, -0.15) is 0 Å². The molecule has 0 saturated heterocycles. The molecule has 3 nitrogen and oxygen atoms in total. The zero-order valence-electron chi connectivity index (χ0n) is 10.2. The van der Waals surface area contributed by atoms with Gasteiger partial charge in [-0.3, -0.25) is 0 Å². The van der Waals surface area contributed by atoms with Gasteiger partial charge in [0, 0.05) is 11.6 Å². The lowest BCUT2D eigenvalue weighted by atomic mass is 10.0. The summed E-state index contributed by atoms with van der Waals surface area (Å²) < 4.78 is 40.5. The van der Waals surface area contributed by atoms with E-state index in [0.29, 0.717) is 6.54 Å². The van der Waals surface area contributed by atoms with Gasteiger partial charge in [0.1, 0.15) is 5.75 Å². The second-order valence-electron chi connectivity index (χ2n) is 3.88. The number of aliphatic hydroxyl groups excluding tert-OH is 1. The highest BCUT2D eigenvalue weighted by atomic mass is 19.4. The Morgan fingerprint density at radius 2 is 1.94 bits per heavy atom. The summed E-state index contributed by atoms with van der Waals surface area (Å²) in [4.78, 5) is 0. The van der Waals surface area contributed by atoms with E-state index in [1.165, 1.54) is 18.2 Å². The highest BCUT2D eigenvalue weighted by Crippen LogP contribution is 2.31. The molecule has 0 aliphatic rings. The zero-order valence-corrected chi connectivity index (χ0v) is 10.2. The predicted octanol–water partition coefficient (Wildman–Crippen LogP) is 2.62. The standard InChI is InChI=1S/C12H16F3NO2/c1-3-16-8(2)11(17)9-6-4-5-7-10(9)18-12(13,14)15/h4-8,11,16-17H,3H2,1-2H3. The quantitative estimate of drug-likeness (QED) is 0.858. The third-order valence-electron chi connectivity index (χ3n) is 2.46. The van der Waals surface area contributed by atoms with Crippen molar-refractivity contribution < 1.29 is 23.0 Å². The third kappa shape index (κ3) is 4.19. The summed E-state index contributed by atoms with van der Waals surface area (Å²) in [5.41, 5.74) is 0.114. The molecule has 0 fully saturated rings. The lowest BCUT2D eigenvalue weighted by Gasteiger charge is -2.22. The van der Waals surface area contributed by atoms with E-state index in [-0.39, 0.29) is 17.4 Å². The van der Waals surface area contributed by atoms with Crippen LogP contribution in [0.15, 0.2) is 24.3 Å². The molecule has 102 valence electrons. The number of benzene rings is 1. The van der Waals surface area contributed by atoms with E-state index in [2.05, 4.69) is 10.1 Å². The number of alkyl halides is 3. The molecular weight excluding hydrogens is 247 g/mol. The Balaban J connectivity index is 2.94. The minimum atomic E-state index is -4.77. The molecular formula is C12H16F3NO2. The Morgan fingerprint density at radius 1 is 1.33 bits per heavy atom. The number of likely N-dealkylation sites (N-methyl/N-ethyl adjacent to an activating group) is 1. The highest BCUT2D eigenvalue weighted by molar-refractivity contribution is 5.35. The number of aliphatic hydroxyl groups is 1. The van der Waals surface area contributed by atoms with Gasteiger partial charge in [0.25, 0.3) is 0 Å². The lowest BCUT2D eigenvalue weighted by molar-refractivity contribution is -0.275. The number of nitrogens with one attached hydrogen (secondary N) is 1. The maximum Gasteiger partial charge on any atom is 0.573 e. The molecule has 1 rings (SSSR count). The van der Waals surface area contributed by atoms with Gasteiger partial charge in [0.05, 0.1) is 6.10 Å². The van der Waals surface area contributed by atoms with Crippen molar-refractivity contribution in [3.63, 3.8) is 0 Å². The number of para-hydroxylation sites is 1. The van der Waals surface area contributed by atoms with Gasteiger partial charge < -0.3 is 15.2 Å². The van der Waals surface area contributed by atoms with Crippen molar-refractivity contribution >= 4 is 0 Å². The van der Waals surface area contributed by atoms with Crippen molar-refractivity contribution in [2.45, 2.75) is 32.4 Å². The van der Waals surface area contributed by atoms with Crippen LogP contribution in [0.3, 0.4) is 0 Å². The van der Waals surface area contributed by atoms with Gasteiger partial charge in [0.15, 0.2) is 0 Å². The van der Waals surface area contributed by atoms with Crippen LogP contribution in [-0.2, 0) is 0 Å². The molecule has 1 aromatic rings. The van der Waals surface area contributed by atoms with Crippen LogP contribution in [0, 0.1) is 0 Å². The van der Waals surface area contributed by atoms with E-state index in [1.54, 1.807) is 13.0 Å². The molecule has 0 aromatic heterocycles. The lowest BCUT2D eigenvalue weighted by Crippen LogP contribution is -2.32. The van der Waals surface area contributed by atoms with Gasteiger partial charge in [-0.1, -0.05) is 25.1 Å². The van der Waals surface area contributed by atoms with Crippen molar-refractivity contribution in [2.75, 3.05) is 6.54 Å². The Hall–Kier alpha value is -1.27. The van der Waals surface area contributed by atoms with Crippen molar-refractivity contribution in [1.29, 1.82) is 0 Å². The van der Waals surface area contributed by atoms with Gasteiger partial charge >= 0.3 is 6.36 Å². The molecule has 2 atom stereocenters. The molecule has 18 heavy (non-hydrogen) atoms. The van der Waals surface area contributed by atoms with E-state index in [1.807, 2.05) is 6.92 Å². The normalized spacial score (nSPS) is 15.2. The SMILES string of the molecule is CCNC(C)C(O)c1ccccc1OC(F)(F)F. The number of halogens is 3. The number of hydrogen-bond acceptors (Lipinski definition) is 3. The van der Waals surface area contributed by atoms with Gasteiger partial charge in [0.2, 0.25) is 0 Å². The third-order valence-corrected chi connectivity index (χ3v) is 2.46. The van der Waals surface area contributed by atoms with Crippen LogP contribution in [0.2, 0.25) is 0 Å². The second kappa shape index (κ2) is 6.06. The molecule has 2 N–H and O–H groups in total. The number of hydrogen-bond donors (Lipinski definition) is 2. The molecule has 1 aromatic carbocycles. The molecule has 2 unspecified atom stereocenters. The van der Waals surface area contributed by atoms with Crippen LogP contribution in [0.1, 0.15) is 25.5 Å². The first kappa shape index (κ1) is 14.8. The molecule has 0 amide bonds. The van der Waals surface area contributed by atoms with Crippen LogP contribution in [-0.4, -0.2) is 24.1 Å². The Labute approximate surface area is 104 Å². The van der Waals surface area contributed by atoms with Crippen molar-refractivity contribution in [2.24, 2.45) is 0 Å². The van der Waals surface area contributed by atoms with E-state index >= 15 is 0 Å². The molecule has 0 heterocycles. The van der Waals surface area contributed by atoms with Crippen LogP contribution < -0.4 is 10.1 Å². The Kier molecular flexibility index (Phi) is 4.98. The largest absolute Gasteiger partial charge is 0.573 e. The second-order valence-corrected chi connectivity index (χ2v) is 3.88. The van der Waals surface area contributed by atoms with E-state index in [4.69, 9.17) is 0 Å². The summed E-state index contributed by atoms with van der Waals surface area (Å²) in [5, 5.41) is 12.9. The van der Waals surface area contributed by atoms with Crippen LogP contribution in [0.4, 0.5) is 13.2 Å². The molecule has 0 aliphatic carbocycles. The summed E-state index contributed by atoms with van der Waals surface area (Å²) in [6.45, 7) is 4.15. The highest BCUT2D eigenvalue weighted by Gasteiger charge is 2.33. The van der Waals surface area contributed by atoms with Gasteiger partial charge in [-0.15, -0.1) is 13.2 Å². The summed E-state index contributed by atoms with van der Waals surface area (Å²) in [7, 11) is 0. The first-order valence-corrected chi connectivity index (χ1v) is 5.61. The zero-order chi connectivity index (χ0) is 13.8. The summed E-state index contributed by atoms with van der Waals surface area (Å²) in [6, 6.07) is 5.22. The average molecular weight is 263 g/mol. The Morgan fingerprint density at radius 3 is 2.50 bits per heavy atom. The molecule has 0 aliphatic heterocycles. The first-order chi connectivity index (χ1) is 8.35. The van der Waals surface area contributed by atoms with Crippen molar-refractivity contribution in [1.82, 2.24) is 5.32 Å². The van der Waals surface area contributed by atoms with E-state index in [0.717, 1.165) is 0 Å². The van der Waals surface area contributed by atoms with E-state index < -0.39 is 12.5 Å². The molecule has 0 saturated carbocycles. The smallest absolute Gasteiger partial charge is 0.405 e. The maximum absolute atomic E-state index is 12.2. The van der Waals surface area contributed by atoms with Crippen LogP contribution in [0.5, 0.6) is 5.75 Å². The maximum atomic E-state index is 12.2. The van der Waals surface area contributed by atoms with Gasteiger partial charge in [-0.25, -0.2) is 0 Å². The summed E-state index contributed by atoms with van der Waals surface area (Å²) >= 11 is 0. The first-order valence-electron chi connectivity index (χ1n) is 5.61.